The lowest BCUT2D eigenvalue weighted by atomic mass is 9.59. The van der Waals surface area contributed by atoms with Crippen LogP contribution in [0.25, 0.3) is 0 Å². The maximum Gasteiger partial charge on any atom is 0.115 e. The summed E-state index contributed by atoms with van der Waals surface area (Å²) in [5.74, 6) is 1.08. The van der Waals surface area contributed by atoms with Crippen LogP contribution in [0, 0.1) is 5.92 Å². The highest BCUT2D eigenvalue weighted by Gasteiger charge is 2.47. The summed E-state index contributed by atoms with van der Waals surface area (Å²) >= 11 is 0. The molecular weight excluding hydrogens is 222 g/mol. The average Bonchev–Trinajstić information content (AvgIpc) is 2.35. The van der Waals surface area contributed by atoms with Crippen molar-refractivity contribution in [1.29, 1.82) is 0 Å². The van der Waals surface area contributed by atoms with Crippen LogP contribution in [0.4, 0.5) is 0 Å². The third kappa shape index (κ3) is 1.51. The van der Waals surface area contributed by atoms with Gasteiger partial charge in [0.15, 0.2) is 0 Å². The summed E-state index contributed by atoms with van der Waals surface area (Å²) in [6.45, 7) is 9.38. The number of phenols is 1. The topological polar surface area (TPSA) is 23.5 Å². The molecule has 0 saturated carbocycles. The van der Waals surface area contributed by atoms with Crippen molar-refractivity contribution < 1.29 is 5.11 Å². The number of nitrogens with zero attached hydrogens (tertiary/aromatic N) is 1. The fraction of sp³-hybridized carbons (Fsp3) is 0.625. The van der Waals surface area contributed by atoms with Crippen molar-refractivity contribution >= 4 is 0 Å². The molecule has 1 N–H and O–H groups in total. The SMILES string of the molecule is CCN1CC[C@]2(C)c3cc(O)ccc3CC1C2C. The fourth-order valence-corrected chi connectivity index (χ4v) is 4.09. The van der Waals surface area contributed by atoms with Crippen LogP contribution < -0.4 is 0 Å². The predicted molar refractivity (Wildman–Crippen MR) is 74.0 cm³/mol. The monoisotopic (exact) mass is 245 g/mol. The minimum Gasteiger partial charge on any atom is -0.508 e. The quantitative estimate of drug-likeness (QED) is 0.822. The molecule has 3 rings (SSSR count). The molecule has 18 heavy (non-hydrogen) atoms. The van der Waals surface area contributed by atoms with Gasteiger partial charge >= 0.3 is 0 Å². The number of piperidine rings is 1. The van der Waals surface area contributed by atoms with E-state index in [2.05, 4.69) is 31.7 Å². The smallest absolute Gasteiger partial charge is 0.115 e. The summed E-state index contributed by atoms with van der Waals surface area (Å²) in [5.41, 5.74) is 3.07. The number of phenolic OH excluding ortho intramolecular Hbond substituents is 1. The Hall–Kier alpha value is -1.02. The molecule has 3 atom stereocenters. The molecule has 0 spiro atoms. The number of fused-ring (bicyclic) bond motifs is 4. The molecule has 0 radical (unpaired) electrons. The molecular formula is C16H23NO. The van der Waals surface area contributed by atoms with Gasteiger partial charge in [0.2, 0.25) is 0 Å². The van der Waals surface area contributed by atoms with Crippen molar-refractivity contribution in [1.82, 2.24) is 4.90 Å². The molecule has 2 heteroatoms. The number of benzene rings is 1. The third-order valence-electron chi connectivity index (χ3n) is 5.51. The Bertz CT molecular complexity index is 470. The molecule has 2 nitrogen and oxygen atoms in total. The van der Waals surface area contributed by atoms with Gasteiger partial charge < -0.3 is 10.0 Å². The normalized spacial score (nSPS) is 35.3. The first kappa shape index (κ1) is 12.0. The van der Waals surface area contributed by atoms with E-state index in [9.17, 15) is 5.11 Å². The van der Waals surface area contributed by atoms with Gasteiger partial charge in [0.1, 0.15) is 5.75 Å². The van der Waals surface area contributed by atoms with E-state index >= 15 is 0 Å². The van der Waals surface area contributed by atoms with E-state index in [1.54, 1.807) is 0 Å². The Kier molecular flexibility index (Phi) is 2.67. The molecule has 1 heterocycles. The first-order valence-corrected chi connectivity index (χ1v) is 7.12. The molecule has 1 fully saturated rings. The van der Waals surface area contributed by atoms with Crippen LogP contribution in [0.15, 0.2) is 18.2 Å². The van der Waals surface area contributed by atoms with Crippen molar-refractivity contribution in [3.63, 3.8) is 0 Å². The van der Waals surface area contributed by atoms with Crippen molar-refractivity contribution in [2.45, 2.75) is 45.1 Å². The van der Waals surface area contributed by atoms with Crippen molar-refractivity contribution in [3.05, 3.63) is 29.3 Å². The van der Waals surface area contributed by atoms with Crippen molar-refractivity contribution in [2.75, 3.05) is 13.1 Å². The minimum atomic E-state index is 0.239. The van der Waals surface area contributed by atoms with Crippen LogP contribution in [-0.4, -0.2) is 29.1 Å². The number of hydrogen-bond donors (Lipinski definition) is 1. The summed E-state index contributed by atoms with van der Waals surface area (Å²) in [5, 5.41) is 9.77. The van der Waals surface area contributed by atoms with Crippen LogP contribution >= 0.6 is 0 Å². The number of hydrogen-bond acceptors (Lipinski definition) is 2. The Balaban J connectivity index is 2.11. The highest BCUT2D eigenvalue weighted by atomic mass is 16.3. The van der Waals surface area contributed by atoms with Crippen LogP contribution in [-0.2, 0) is 11.8 Å². The van der Waals surface area contributed by atoms with Gasteiger partial charge in [0.05, 0.1) is 0 Å². The Morgan fingerprint density at radius 1 is 1.44 bits per heavy atom. The van der Waals surface area contributed by atoms with Crippen LogP contribution in [0.1, 0.15) is 38.3 Å². The molecule has 2 aliphatic rings. The average molecular weight is 245 g/mol. The second kappa shape index (κ2) is 3.99. The first-order chi connectivity index (χ1) is 8.56. The largest absolute Gasteiger partial charge is 0.508 e. The zero-order valence-corrected chi connectivity index (χ0v) is 11.6. The molecule has 1 aromatic rings. The number of aromatic hydroxyl groups is 1. The van der Waals surface area contributed by atoms with Gasteiger partial charge in [0, 0.05) is 6.04 Å². The van der Waals surface area contributed by atoms with Gasteiger partial charge in [-0.3, -0.25) is 0 Å². The highest BCUT2D eigenvalue weighted by molar-refractivity contribution is 5.44. The summed E-state index contributed by atoms with van der Waals surface area (Å²) < 4.78 is 0. The van der Waals surface area contributed by atoms with Crippen LogP contribution in [0.3, 0.4) is 0 Å². The van der Waals surface area contributed by atoms with Gasteiger partial charge in [-0.05, 0) is 60.5 Å². The summed E-state index contributed by atoms with van der Waals surface area (Å²) in [6.07, 6.45) is 2.34. The summed E-state index contributed by atoms with van der Waals surface area (Å²) in [6, 6.07) is 6.64. The lowest BCUT2D eigenvalue weighted by Crippen LogP contribution is -2.57. The number of rotatable bonds is 1. The van der Waals surface area contributed by atoms with E-state index in [0.717, 1.165) is 13.0 Å². The second-order valence-corrected chi connectivity index (χ2v) is 6.20. The highest BCUT2D eigenvalue weighted by Crippen LogP contribution is 2.49. The van der Waals surface area contributed by atoms with E-state index in [4.69, 9.17) is 0 Å². The molecule has 1 aliphatic carbocycles. The van der Waals surface area contributed by atoms with Crippen molar-refractivity contribution in [3.8, 4) is 5.75 Å². The summed E-state index contributed by atoms with van der Waals surface area (Å²) in [7, 11) is 0. The zero-order chi connectivity index (χ0) is 12.9. The van der Waals surface area contributed by atoms with Gasteiger partial charge in [-0.1, -0.05) is 26.8 Å². The predicted octanol–water partition coefficient (Wildman–Crippen LogP) is 2.94. The molecule has 2 unspecified atom stereocenters. The summed E-state index contributed by atoms with van der Waals surface area (Å²) in [4.78, 5) is 2.63. The standard InChI is InChI=1S/C16H23NO/c1-4-17-8-7-16(3)11(2)15(17)9-12-5-6-13(18)10-14(12)16/h5-6,10-11,15,18H,4,7-9H2,1-3H3/t11?,15?,16-/m0/s1. The second-order valence-electron chi connectivity index (χ2n) is 6.20. The lowest BCUT2D eigenvalue weighted by Gasteiger charge is -2.54. The Morgan fingerprint density at radius 2 is 2.22 bits per heavy atom. The maximum atomic E-state index is 9.77. The van der Waals surface area contributed by atoms with E-state index in [1.165, 1.54) is 24.1 Å². The first-order valence-electron chi connectivity index (χ1n) is 7.12. The van der Waals surface area contributed by atoms with Gasteiger partial charge in [-0.15, -0.1) is 0 Å². The van der Waals surface area contributed by atoms with Gasteiger partial charge in [0.25, 0.3) is 0 Å². The van der Waals surface area contributed by atoms with Crippen molar-refractivity contribution in [2.24, 2.45) is 5.92 Å². The minimum absolute atomic E-state index is 0.239. The molecule has 1 saturated heterocycles. The van der Waals surface area contributed by atoms with E-state index in [1.807, 2.05) is 12.1 Å². The molecule has 1 aliphatic heterocycles. The van der Waals surface area contributed by atoms with Crippen LogP contribution in [0.5, 0.6) is 5.75 Å². The van der Waals surface area contributed by atoms with Gasteiger partial charge in [-0.25, -0.2) is 0 Å². The molecule has 98 valence electrons. The Morgan fingerprint density at radius 3 is 2.94 bits per heavy atom. The molecule has 0 aromatic heterocycles. The number of likely N-dealkylation sites (N-methyl/N-ethyl adjacent to an activating group) is 1. The number of likely N-dealkylation sites (tertiary alicyclic amines) is 1. The van der Waals surface area contributed by atoms with Gasteiger partial charge in [-0.2, -0.15) is 0 Å². The molecule has 1 aromatic carbocycles. The molecule has 0 amide bonds. The zero-order valence-electron chi connectivity index (χ0n) is 11.6. The Labute approximate surface area is 110 Å². The molecule has 2 bridgehead atoms. The van der Waals surface area contributed by atoms with Crippen LogP contribution in [0.2, 0.25) is 0 Å². The fourth-order valence-electron chi connectivity index (χ4n) is 4.09. The maximum absolute atomic E-state index is 9.77. The van der Waals surface area contributed by atoms with E-state index < -0.39 is 0 Å². The van der Waals surface area contributed by atoms with E-state index in [-0.39, 0.29) is 5.41 Å². The third-order valence-corrected chi connectivity index (χ3v) is 5.51. The van der Waals surface area contributed by atoms with E-state index in [0.29, 0.717) is 17.7 Å². The lowest BCUT2D eigenvalue weighted by molar-refractivity contribution is 0.0353.